The number of rotatable bonds is 5. The highest BCUT2D eigenvalue weighted by molar-refractivity contribution is 7.98. The number of carbonyl (C=O) groups is 1. The number of benzene rings is 2. The van der Waals surface area contributed by atoms with E-state index in [0.717, 1.165) is 11.3 Å². The molecule has 2 aromatic carbocycles. The van der Waals surface area contributed by atoms with Crippen molar-refractivity contribution in [2.24, 2.45) is 0 Å². The van der Waals surface area contributed by atoms with Crippen LogP contribution in [0, 0.1) is 13.8 Å². The maximum Gasteiger partial charge on any atom is 0.187 e. The molecule has 0 amide bonds. The first kappa shape index (κ1) is 15.4. The molecule has 0 heterocycles. The predicted octanol–water partition coefficient (Wildman–Crippen LogP) is 4.83. The minimum Gasteiger partial charge on any atom is -0.362 e. The fourth-order valence-corrected chi connectivity index (χ4v) is 2.38. The van der Waals surface area contributed by atoms with Crippen molar-refractivity contribution in [2.45, 2.75) is 18.7 Å². The van der Waals surface area contributed by atoms with E-state index in [0.29, 0.717) is 5.56 Å². The van der Waals surface area contributed by atoms with Crippen LogP contribution in [0.1, 0.15) is 21.5 Å². The van der Waals surface area contributed by atoms with Gasteiger partial charge in [0.05, 0.1) is 0 Å². The molecule has 0 bridgehead atoms. The molecule has 0 radical (unpaired) electrons. The summed E-state index contributed by atoms with van der Waals surface area (Å²) in [6, 6.07) is 13.8. The smallest absolute Gasteiger partial charge is 0.187 e. The number of aryl methyl sites for hydroxylation is 2. The molecule has 0 aliphatic carbocycles. The number of carbonyl (C=O) groups excluding carboxylic acids is 1. The third kappa shape index (κ3) is 4.23. The Morgan fingerprint density at radius 1 is 1.10 bits per heavy atom. The van der Waals surface area contributed by atoms with Gasteiger partial charge >= 0.3 is 0 Å². The van der Waals surface area contributed by atoms with Crippen LogP contribution < -0.4 is 5.32 Å². The van der Waals surface area contributed by atoms with Crippen LogP contribution in [0.3, 0.4) is 0 Å². The molecule has 2 rings (SSSR count). The highest BCUT2D eigenvalue weighted by atomic mass is 32.2. The van der Waals surface area contributed by atoms with Crippen LogP contribution >= 0.6 is 11.8 Å². The summed E-state index contributed by atoms with van der Waals surface area (Å²) in [6.45, 7) is 4.06. The van der Waals surface area contributed by atoms with Crippen LogP contribution in [0.4, 0.5) is 5.69 Å². The third-order valence-electron chi connectivity index (χ3n) is 3.35. The van der Waals surface area contributed by atoms with Crippen molar-refractivity contribution in [3.8, 4) is 0 Å². The van der Waals surface area contributed by atoms with E-state index in [2.05, 4.69) is 17.4 Å². The fraction of sp³-hybridized carbons (Fsp3) is 0.167. The largest absolute Gasteiger partial charge is 0.362 e. The molecule has 0 unspecified atom stereocenters. The minimum absolute atomic E-state index is 0.00613. The minimum atomic E-state index is 0.00613. The van der Waals surface area contributed by atoms with E-state index in [-0.39, 0.29) is 5.78 Å². The Hall–Kier alpha value is -2.00. The average Bonchev–Trinajstić information content (AvgIpc) is 2.50. The zero-order valence-corrected chi connectivity index (χ0v) is 13.3. The average molecular weight is 297 g/mol. The van der Waals surface area contributed by atoms with E-state index in [1.54, 1.807) is 24.0 Å². The third-order valence-corrected chi connectivity index (χ3v) is 4.07. The first-order valence-corrected chi connectivity index (χ1v) is 8.01. The molecule has 0 fully saturated rings. The quantitative estimate of drug-likeness (QED) is 0.487. The van der Waals surface area contributed by atoms with Crippen LogP contribution in [-0.4, -0.2) is 12.0 Å². The van der Waals surface area contributed by atoms with Crippen molar-refractivity contribution >= 4 is 23.2 Å². The Labute approximate surface area is 130 Å². The van der Waals surface area contributed by atoms with Gasteiger partial charge in [-0.25, -0.2) is 0 Å². The van der Waals surface area contributed by atoms with Gasteiger partial charge in [0.1, 0.15) is 0 Å². The molecule has 2 nitrogen and oxygen atoms in total. The van der Waals surface area contributed by atoms with Crippen molar-refractivity contribution in [3.63, 3.8) is 0 Å². The number of hydrogen-bond acceptors (Lipinski definition) is 3. The number of hydrogen-bond donors (Lipinski definition) is 1. The number of nitrogens with one attached hydrogen (secondary N) is 1. The van der Waals surface area contributed by atoms with Gasteiger partial charge in [-0.1, -0.05) is 18.2 Å². The Balaban J connectivity index is 2.03. The molecule has 21 heavy (non-hydrogen) atoms. The van der Waals surface area contributed by atoms with Gasteiger partial charge in [0.2, 0.25) is 0 Å². The molecule has 3 heteroatoms. The Kier molecular flexibility index (Phi) is 5.23. The summed E-state index contributed by atoms with van der Waals surface area (Å²) < 4.78 is 0. The molecule has 0 saturated carbocycles. The van der Waals surface area contributed by atoms with E-state index in [9.17, 15) is 4.79 Å². The summed E-state index contributed by atoms with van der Waals surface area (Å²) in [4.78, 5) is 13.3. The van der Waals surface area contributed by atoms with Crippen molar-refractivity contribution < 1.29 is 4.79 Å². The van der Waals surface area contributed by atoms with Gasteiger partial charge in [-0.15, -0.1) is 11.8 Å². The summed E-state index contributed by atoms with van der Waals surface area (Å²) in [5, 5.41) is 3.13. The van der Waals surface area contributed by atoms with E-state index in [1.807, 2.05) is 50.4 Å². The van der Waals surface area contributed by atoms with E-state index >= 15 is 0 Å². The normalized spacial score (nSPS) is 10.8. The highest BCUT2D eigenvalue weighted by Crippen LogP contribution is 2.19. The summed E-state index contributed by atoms with van der Waals surface area (Å²) in [5.74, 6) is 0.00613. The number of allylic oxidation sites excluding steroid dienone is 1. The molecule has 0 atom stereocenters. The number of thioether (sulfide) groups is 1. The Morgan fingerprint density at radius 3 is 2.62 bits per heavy atom. The lowest BCUT2D eigenvalue weighted by atomic mass is 10.0. The fourth-order valence-electron chi connectivity index (χ4n) is 1.92. The Morgan fingerprint density at radius 2 is 1.90 bits per heavy atom. The van der Waals surface area contributed by atoms with Gasteiger partial charge in [0.25, 0.3) is 0 Å². The lowest BCUT2D eigenvalue weighted by Crippen LogP contribution is -1.97. The van der Waals surface area contributed by atoms with Gasteiger partial charge in [0.15, 0.2) is 5.78 Å². The summed E-state index contributed by atoms with van der Waals surface area (Å²) in [5.41, 5.74) is 4.03. The highest BCUT2D eigenvalue weighted by Gasteiger charge is 2.03. The van der Waals surface area contributed by atoms with Crippen LogP contribution in [0.15, 0.2) is 59.6 Å². The number of anilines is 1. The molecule has 0 aliphatic heterocycles. The van der Waals surface area contributed by atoms with Crippen molar-refractivity contribution in [3.05, 3.63) is 71.4 Å². The molecular formula is C18H19NOS. The Bertz CT molecular complexity index is 677. The zero-order valence-electron chi connectivity index (χ0n) is 12.5. The van der Waals surface area contributed by atoms with Gasteiger partial charge in [-0.05, 0) is 55.5 Å². The predicted molar refractivity (Wildman–Crippen MR) is 91.2 cm³/mol. The van der Waals surface area contributed by atoms with E-state index in [1.165, 1.54) is 10.5 Å². The van der Waals surface area contributed by atoms with Crippen molar-refractivity contribution in [1.29, 1.82) is 0 Å². The maximum atomic E-state index is 12.1. The van der Waals surface area contributed by atoms with Gasteiger partial charge in [-0.3, -0.25) is 4.79 Å². The second-order valence-electron chi connectivity index (χ2n) is 4.87. The lowest BCUT2D eigenvalue weighted by molar-refractivity contribution is 0.104. The second-order valence-corrected chi connectivity index (χ2v) is 5.75. The van der Waals surface area contributed by atoms with Crippen LogP contribution in [0.2, 0.25) is 0 Å². The van der Waals surface area contributed by atoms with Gasteiger partial charge in [-0.2, -0.15) is 0 Å². The topological polar surface area (TPSA) is 29.1 Å². The molecule has 108 valence electrons. The standard InChI is InChI=1S/C18H19NOS/c1-13-7-8-15(11-14(13)2)18(20)9-10-19-16-5-4-6-17(12-16)21-3/h4-12,19H,1-3H3/b10-9+. The van der Waals surface area contributed by atoms with Crippen LogP contribution in [0.25, 0.3) is 0 Å². The van der Waals surface area contributed by atoms with Gasteiger partial charge < -0.3 is 5.32 Å². The molecule has 1 N–H and O–H groups in total. The van der Waals surface area contributed by atoms with Crippen molar-refractivity contribution in [1.82, 2.24) is 0 Å². The van der Waals surface area contributed by atoms with Gasteiger partial charge in [0, 0.05) is 28.4 Å². The maximum absolute atomic E-state index is 12.1. The van der Waals surface area contributed by atoms with Crippen molar-refractivity contribution in [2.75, 3.05) is 11.6 Å². The zero-order chi connectivity index (χ0) is 15.2. The molecule has 0 saturated heterocycles. The SMILES string of the molecule is CSc1cccc(N/C=C/C(=O)c2ccc(C)c(C)c2)c1. The van der Waals surface area contributed by atoms with E-state index < -0.39 is 0 Å². The number of ketones is 1. The van der Waals surface area contributed by atoms with Crippen LogP contribution in [-0.2, 0) is 0 Å². The summed E-state index contributed by atoms with van der Waals surface area (Å²) >= 11 is 1.69. The molecule has 0 spiro atoms. The molecular weight excluding hydrogens is 278 g/mol. The molecule has 0 aliphatic rings. The van der Waals surface area contributed by atoms with Crippen LogP contribution in [0.5, 0.6) is 0 Å². The summed E-state index contributed by atoms with van der Waals surface area (Å²) in [7, 11) is 0. The molecule has 2 aromatic rings. The summed E-state index contributed by atoms with van der Waals surface area (Å²) in [6.07, 6.45) is 5.30. The second kappa shape index (κ2) is 7.14. The lowest BCUT2D eigenvalue weighted by Gasteiger charge is -2.03. The monoisotopic (exact) mass is 297 g/mol. The first-order valence-electron chi connectivity index (χ1n) is 6.79. The van der Waals surface area contributed by atoms with E-state index in [4.69, 9.17) is 0 Å². The first-order chi connectivity index (χ1) is 10.1. The molecule has 0 aromatic heterocycles.